The monoisotopic (exact) mass is 327 g/mol. The zero-order chi connectivity index (χ0) is 13.1. The van der Waals surface area contributed by atoms with Gasteiger partial charge < -0.3 is 16.4 Å². The Morgan fingerprint density at radius 1 is 1.61 bits per heavy atom. The number of halogens is 1. The van der Waals surface area contributed by atoms with E-state index in [9.17, 15) is 4.79 Å². The lowest BCUT2D eigenvalue weighted by molar-refractivity contribution is -0.119. The van der Waals surface area contributed by atoms with Gasteiger partial charge in [-0.15, -0.1) is 0 Å². The highest BCUT2D eigenvalue weighted by Gasteiger charge is 2.20. The average Bonchev–Trinajstić information content (AvgIpc) is 2.73. The smallest absolute Gasteiger partial charge is 0.220 e. The van der Waals surface area contributed by atoms with Crippen LogP contribution in [0.4, 0.5) is 5.69 Å². The first kappa shape index (κ1) is 13.3. The van der Waals surface area contributed by atoms with Gasteiger partial charge in [-0.2, -0.15) is 0 Å². The summed E-state index contributed by atoms with van der Waals surface area (Å²) in [5.74, 6) is 0.129. The number of hydrogen-bond acceptors (Lipinski definition) is 3. The molecule has 4 nitrogen and oxygen atoms in total. The molecule has 1 aromatic carbocycles. The van der Waals surface area contributed by atoms with Crippen molar-refractivity contribution in [1.29, 1.82) is 0 Å². The summed E-state index contributed by atoms with van der Waals surface area (Å²) in [7, 11) is 0. The molecular weight excluding hydrogens is 314 g/mol. The first-order chi connectivity index (χ1) is 8.56. The third kappa shape index (κ3) is 3.20. The van der Waals surface area contributed by atoms with E-state index in [0.717, 1.165) is 28.7 Å². The predicted octanol–water partition coefficient (Wildman–Crippen LogP) is 1.77. The maximum absolute atomic E-state index is 11.1. The number of anilines is 1. The van der Waals surface area contributed by atoms with E-state index >= 15 is 0 Å². The van der Waals surface area contributed by atoms with Gasteiger partial charge in [0, 0.05) is 34.7 Å². The minimum atomic E-state index is 0.129. The first-order valence-electron chi connectivity index (χ1n) is 5.69. The average molecular weight is 328 g/mol. The molecule has 1 saturated heterocycles. The highest BCUT2D eigenvalue weighted by molar-refractivity contribution is 9.10. The number of rotatable bonds is 4. The molecule has 1 amide bonds. The number of benzene rings is 1. The van der Waals surface area contributed by atoms with E-state index in [1.54, 1.807) is 0 Å². The molecule has 18 heavy (non-hydrogen) atoms. The van der Waals surface area contributed by atoms with E-state index in [0.29, 0.717) is 11.4 Å². The molecule has 4 N–H and O–H groups in total. The predicted molar refractivity (Wildman–Crippen MR) is 79.7 cm³/mol. The summed E-state index contributed by atoms with van der Waals surface area (Å²) in [6, 6.07) is 5.90. The maximum atomic E-state index is 11.1. The van der Waals surface area contributed by atoms with Gasteiger partial charge >= 0.3 is 0 Å². The van der Waals surface area contributed by atoms with E-state index in [2.05, 4.69) is 26.6 Å². The fraction of sp³-hybridized carbons (Fsp3) is 0.333. The summed E-state index contributed by atoms with van der Waals surface area (Å²) in [6.45, 7) is 0.719. The lowest BCUT2D eigenvalue weighted by atomic mass is 10.2. The largest absolute Gasteiger partial charge is 0.389 e. The van der Waals surface area contributed by atoms with E-state index < -0.39 is 0 Å². The Balaban J connectivity index is 1.97. The lowest BCUT2D eigenvalue weighted by Crippen LogP contribution is -2.31. The van der Waals surface area contributed by atoms with Gasteiger partial charge in [-0.1, -0.05) is 12.2 Å². The van der Waals surface area contributed by atoms with Crippen molar-refractivity contribution < 1.29 is 4.79 Å². The SMILES string of the molecule is NC(=S)c1ccc(NCC2CCC(=O)N2)c(Br)c1. The third-order valence-electron chi connectivity index (χ3n) is 2.88. The molecule has 0 saturated carbocycles. The molecule has 1 aromatic rings. The summed E-state index contributed by atoms with van der Waals surface area (Å²) >= 11 is 8.39. The number of carbonyl (C=O) groups excluding carboxylic acids is 1. The molecule has 6 heteroatoms. The zero-order valence-corrected chi connectivity index (χ0v) is 12.1. The molecule has 96 valence electrons. The highest BCUT2D eigenvalue weighted by atomic mass is 79.9. The van der Waals surface area contributed by atoms with Crippen molar-refractivity contribution >= 4 is 44.7 Å². The van der Waals surface area contributed by atoms with Crippen LogP contribution in [0.2, 0.25) is 0 Å². The Kier molecular flexibility index (Phi) is 4.19. The molecule has 0 radical (unpaired) electrons. The Labute approximate surface area is 119 Å². The van der Waals surface area contributed by atoms with Crippen LogP contribution in [-0.4, -0.2) is 23.5 Å². The van der Waals surface area contributed by atoms with Crippen molar-refractivity contribution in [3.8, 4) is 0 Å². The van der Waals surface area contributed by atoms with Gasteiger partial charge in [-0.05, 0) is 40.5 Å². The van der Waals surface area contributed by atoms with Crippen LogP contribution < -0.4 is 16.4 Å². The van der Waals surface area contributed by atoms with Crippen LogP contribution in [0.25, 0.3) is 0 Å². The van der Waals surface area contributed by atoms with E-state index in [1.165, 1.54) is 0 Å². The molecule has 1 fully saturated rings. The summed E-state index contributed by atoms with van der Waals surface area (Å²) in [6.07, 6.45) is 1.50. The molecule has 1 aliphatic rings. The number of thiocarbonyl (C=S) groups is 1. The highest BCUT2D eigenvalue weighted by Crippen LogP contribution is 2.24. The fourth-order valence-electron chi connectivity index (χ4n) is 1.88. The minimum Gasteiger partial charge on any atom is -0.389 e. The topological polar surface area (TPSA) is 67.1 Å². The van der Waals surface area contributed by atoms with Crippen molar-refractivity contribution in [2.45, 2.75) is 18.9 Å². The Bertz CT molecular complexity index is 492. The van der Waals surface area contributed by atoms with Crippen LogP contribution in [-0.2, 0) is 4.79 Å². The Morgan fingerprint density at radius 2 is 2.39 bits per heavy atom. The van der Waals surface area contributed by atoms with Crippen LogP contribution in [0.15, 0.2) is 22.7 Å². The minimum absolute atomic E-state index is 0.129. The molecule has 1 heterocycles. The number of nitrogens with two attached hydrogens (primary N) is 1. The van der Waals surface area contributed by atoms with E-state index in [4.69, 9.17) is 18.0 Å². The van der Waals surface area contributed by atoms with Crippen LogP contribution in [0.5, 0.6) is 0 Å². The van der Waals surface area contributed by atoms with Gasteiger partial charge in [0.2, 0.25) is 5.91 Å². The molecule has 1 atom stereocenters. The van der Waals surface area contributed by atoms with E-state index in [-0.39, 0.29) is 11.9 Å². The van der Waals surface area contributed by atoms with Gasteiger partial charge in [0.25, 0.3) is 0 Å². The molecular formula is C12H14BrN3OS. The molecule has 0 aromatic heterocycles. The molecule has 2 rings (SSSR count). The van der Waals surface area contributed by atoms with Crippen LogP contribution in [0.3, 0.4) is 0 Å². The van der Waals surface area contributed by atoms with Gasteiger partial charge in [-0.3, -0.25) is 4.79 Å². The maximum Gasteiger partial charge on any atom is 0.220 e. The Morgan fingerprint density at radius 3 is 2.94 bits per heavy atom. The summed E-state index contributed by atoms with van der Waals surface area (Å²) < 4.78 is 0.914. The van der Waals surface area contributed by atoms with E-state index in [1.807, 2.05) is 18.2 Å². The van der Waals surface area contributed by atoms with Gasteiger partial charge in [-0.25, -0.2) is 0 Å². The number of hydrogen-bond donors (Lipinski definition) is 3. The standard InChI is InChI=1S/C12H14BrN3OS/c13-9-5-7(12(14)18)1-3-10(9)15-6-8-2-4-11(17)16-8/h1,3,5,8,15H,2,4,6H2,(H2,14,18)(H,16,17). The molecule has 1 unspecified atom stereocenters. The first-order valence-corrected chi connectivity index (χ1v) is 6.89. The lowest BCUT2D eigenvalue weighted by Gasteiger charge is -2.14. The van der Waals surface area contributed by atoms with Gasteiger partial charge in [0.1, 0.15) is 4.99 Å². The zero-order valence-electron chi connectivity index (χ0n) is 9.70. The number of nitrogens with one attached hydrogen (secondary N) is 2. The summed E-state index contributed by atoms with van der Waals surface area (Å²) in [4.78, 5) is 11.5. The molecule has 0 aliphatic carbocycles. The second-order valence-corrected chi connectivity index (χ2v) is 5.54. The van der Waals surface area contributed by atoms with Gasteiger partial charge in [0.05, 0.1) is 0 Å². The summed E-state index contributed by atoms with van der Waals surface area (Å²) in [5, 5.41) is 6.21. The molecule has 1 aliphatic heterocycles. The van der Waals surface area contributed by atoms with Crippen molar-refractivity contribution in [3.63, 3.8) is 0 Å². The quantitative estimate of drug-likeness (QED) is 0.737. The number of carbonyl (C=O) groups is 1. The van der Waals surface area contributed by atoms with Crippen molar-refractivity contribution in [2.24, 2.45) is 5.73 Å². The fourth-order valence-corrected chi connectivity index (χ4v) is 2.52. The van der Waals surface area contributed by atoms with Crippen molar-refractivity contribution in [1.82, 2.24) is 5.32 Å². The second-order valence-electron chi connectivity index (χ2n) is 4.24. The second kappa shape index (κ2) is 5.67. The van der Waals surface area contributed by atoms with Crippen LogP contribution in [0.1, 0.15) is 18.4 Å². The summed E-state index contributed by atoms with van der Waals surface area (Å²) in [5.41, 5.74) is 7.36. The number of amides is 1. The Hall–Kier alpha value is -1.14. The van der Waals surface area contributed by atoms with Crippen LogP contribution >= 0.6 is 28.1 Å². The van der Waals surface area contributed by atoms with Crippen molar-refractivity contribution in [3.05, 3.63) is 28.2 Å². The van der Waals surface area contributed by atoms with Gasteiger partial charge in [0.15, 0.2) is 0 Å². The molecule has 0 bridgehead atoms. The normalized spacial score (nSPS) is 18.5. The molecule has 0 spiro atoms. The van der Waals surface area contributed by atoms with Crippen LogP contribution in [0, 0.1) is 0 Å². The van der Waals surface area contributed by atoms with Crippen molar-refractivity contribution in [2.75, 3.05) is 11.9 Å². The third-order valence-corrected chi connectivity index (χ3v) is 3.77.